The van der Waals surface area contributed by atoms with E-state index in [9.17, 15) is 19.1 Å². The van der Waals surface area contributed by atoms with E-state index in [4.69, 9.17) is 4.74 Å². The van der Waals surface area contributed by atoms with Crippen molar-refractivity contribution in [2.45, 2.75) is 26.4 Å². The highest BCUT2D eigenvalue weighted by atomic mass is 19.1. The number of nitrogens with zero attached hydrogens (tertiary/aromatic N) is 6. The zero-order valence-electron chi connectivity index (χ0n) is 17.7. The lowest BCUT2D eigenvalue weighted by Crippen LogP contribution is -2.42. The van der Waals surface area contributed by atoms with E-state index in [0.717, 1.165) is 0 Å². The molecule has 166 valence electrons. The third kappa shape index (κ3) is 3.66. The van der Waals surface area contributed by atoms with Crippen molar-refractivity contribution in [1.82, 2.24) is 25.2 Å². The van der Waals surface area contributed by atoms with Gasteiger partial charge in [-0.1, -0.05) is 13.0 Å². The number of hydrogen-bond acceptors (Lipinski definition) is 7. The van der Waals surface area contributed by atoms with Gasteiger partial charge in [-0.15, -0.1) is 10.2 Å². The van der Waals surface area contributed by atoms with Gasteiger partial charge in [-0.25, -0.2) is 9.18 Å². The average Bonchev–Trinajstić information content (AvgIpc) is 3.39. The summed E-state index contributed by atoms with van der Waals surface area (Å²) in [5.41, 5.74) is 0.396. The number of carbonyl (C=O) groups is 2. The van der Waals surface area contributed by atoms with E-state index in [2.05, 4.69) is 20.4 Å². The van der Waals surface area contributed by atoms with Crippen LogP contribution in [0.4, 0.5) is 14.9 Å². The number of halogens is 1. The van der Waals surface area contributed by atoms with Crippen molar-refractivity contribution in [1.29, 1.82) is 0 Å². The van der Waals surface area contributed by atoms with Crippen molar-refractivity contribution >= 4 is 17.7 Å². The maximum Gasteiger partial charge on any atom is 0.414 e. The number of tetrazole rings is 1. The summed E-state index contributed by atoms with van der Waals surface area (Å²) in [7, 11) is 1.64. The van der Waals surface area contributed by atoms with Gasteiger partial charge < -0.3 is 9.84 Å². The number of aromatic nitrogens is 5. The highest BCUT2D eigenvalue weighted by molar-refractivity contribution is 5.91. The number of cyclic esters (lactones) is 1. The highest BCUT2D eigenvalue weighted by Crippen LogP contribution is 2.36. The van der Waals surface area contributed by atoms with Crippen molar-refractivity contribution in [2.75, 3.05) is 11.4 Å². The van der Waals surface area contributed by atoms with Gasteiger partial charge in [0, 0.05) is 17.3 Å². The second-order valence-corrected chi connectivity index (χ2v) is 7.76. The van der Waals surface area contributed by atoms with Gasteiger partial charge in [0.05, 0.1) is 19.3 Å². The minimum Gasteiger partial charge on any atom is -0.481 e. The Hall–Kier alpha value is -3.89. The third-order valence-electron chi connectivity index (χ3n) is 5.82. The number of rotatable bonds is 6. The van der Waals surface area contributed by atoms with Gasteiger partial charge in [0.1, 0.15) is 23.0 Å². The number of amides is 1. The summed E-state index contributed by atoms with van der Waals surface area (Å²) < 4.78 is 20.2. The van der Waals surface area contributed by atoms with Crippen molar-refractivity contribution in [3.8, 4) is 22.6 Å². The first kappa shape index (κ1) is 21.3. The molecule has 1 aromatic carbocycles. The monoisotopic (exact) mass is 440 g/mol. The number of aryl methyl sites for hydroxylation is 1. The largest absolute Gasteiger partial charge is 0.481 e. The quantitative estimate of drug-likeness (QED) is 0.621. The smallest absolute Gasteiger partial charge is 0.414 e. The molecule has 0 spiro atoms. The summed E-state index contributed by atoms with van der Waals surface area (Å²) in [5.74, 6) is -1.24. The normalized spacial score (nSPS) is 17.8. The number of anilines is 1. The maximum atomic E-state index is 14.9. The Morgan fingerprint density at radius 1 is 1.34 bits per heavy atom. The Morgan fingerprint density at radius 2 is 2.12 bits per heavy atom. The Labute approximate surface area is 182 Å². The number of carboxylic acid groups (broad SMARTS) is 1. The lowest BCUT2D eigenvalue weighted by atomic mass is 9.81. The van der Waals surface area contributed by atoms with Crippen LogP contribution in [-0.4, -0.2) is 55.0 Å². The first-order valence-electron chi connectivity index (χ1n) is 9.95. The number of benzene rings is 1. The predicted molar refractivity (Wildman–Crippen MR) is 111 cm³/mol. The van der Waals surface area contributed by atoms with Crippen molar-refractivity contribution in [2.24, 2.45) is 12.5 Å². The molecule has 1 fully saturated rings. The van der Waals surface area contributed by atoms with Gasteiger partial charge in [-0.2, -0.15) is 4.80 Å². The third-order valence-corrected chi connectivity index (χ3v) is 5.82. The van der Waals surface area contributed by atoms with Crippen LogP contribution in [0.15, 0.2) is 36.5 Å². The summed E-state index contributed by atoms with van der Waals surface area (Å²) >= 11 is 0. The molecular formula is C21H21FN6O4. The fourth-order valence-corrected chi connectivity index (χ4v) is 3.50. The van der Waals surface area contributed by atoms with Gasteiger partial charge in [0.15, 0.2) is 0 Å². The molecule has 2 aromatic heterocycles. The van der Waals surface area contributed by atoms with Crippen LogP contribution < -0.4 is 4.90 Å². The topological polar surface area (TPSA) is 123 Å². The Kier molecular flexibility index (Phi) is 5.33. The highest BCUT2D eigenvalue weighted by Gasteiger charge is 2.48. The number of hydrogen-bond donors (Lipinski definition) is 1. The standard InChI is InChI=1S/C21H21FN6O4/c1-4-21(2,19(29)30)17-11-28(20(31)32-17)13-6-7-14(15(22)9-13)12-5-8-16(23-10-12)18-24-26-27(3)25-18/h5-10,17H,4,11H2,1-3H3,(H,29,30)/t17?,21-/m1/s1. The minimum absolute atomic E-state index is 0.0234. The van der Waals surface area contributed by atoms with E-state index >= 15 is 0 Å². The van der Waals surface area contributed by atoms with E-state index in [1.165, 1.54) is 28.9 Å². The molecule has 0 saturated carbocycles. The second-order valence-electron chi connectivity index (χ2n) is 7.76. The predicted octanol–water partition coefficient (Wildman–Crippen LogP) is 2.90. The number of carbonyl (C=O) groups excluding carboxylic acids is 1. The van der Waals surface area contributed by atoms with Crippen LogP contribution in [0, 0.1) is 11.2 Å². The van der Waals surface area contributed by atoms with Crippen LogP contribution in [0.2, 0.25) is 0 Å². The molecule has 11 heteroatoms. The van der Waals surface area contributed by atoms with Crippen LogP contribution in [-0.2, 0) is 16.6 Å². The summed E-state index contributed by atoms with van der Waals surface area (Å²) in [5, 5.41) is 21.3. The van der Waals surface area contributed by atoms with Crippen molar-refractivity contribution < 1.29 is 23.8 Å². The van der Waals surface area contributed by atoms with Crippen molar-refractivity contribution in [3.05, 3.63) is 42.3 Å². The van der Waals surface area contributed by atoms with E-state index in [-0.39, 0.29) is 18.7 Å². The molecule has 0 radical (unpaired) electrons. The zero-order valence-corrected chi connectivity index (χ0v) is 17.7. The van der Waals surface area contributed by atoms with Gasteiger partial charge in [0.2, 0.25) is 5.82 Å². The van der Waals surface area contributed by atoms with Gasteiger partial charge >= 0.3 is 12.1 Å². The van der Waals surface area contributed by atoms with Crippen LogP contribution in [0.5, 0.6) is 0 Å². The average molecular weight is 440 g/mol. The first-order chi connectivity index (χ1) is 15.2. The van der Waals surface area contributed by atoms with Crippen LogP contribution in [0.1, 0.15) is 20.3 Å². The molecule has 1 unspecified atom stereocenters. The molecule has 4 rings (SSSR count). The SMILES string of the molecule is CC[C@@](C)(C(=O)O)C1CN(c2ccc(-c3ccc(-c4nnn(C)n4)nc3)c(F)c2)C(=O)O1. The van der Waals surface area contributed by atoms with Crippen LogP contribution in [0.3, 0.4) is 0 Å². The molecule has 0 bridgehead atoms. The number of ether oxygens (including phenoxy) is 1. The molecule has 32 heavy (non-hydrogen) atoms. The first-order valence-corrected chi connectivity index (χ1v) is 9.95. The molecule has 1 aliphatic rings. The van der Waals surface area contributed by atoms with Gasteiger partial charge in [0.25, 0.3) is 0 Å². The van der Waals surface area contributed by atoms with E-state index in [0.29, 0.717) is 22.6 Å². The van der Waals surface area contributed by atoms with E-state index in [1.807, 2.05) is 0 Å². The summed E-state index contributed by atoms with van der Waals surface area (Å²) in [6, 6.07) is 7.71. The molecule has 1 aliphatic heterocycles. The molecule has 1 N–H and O–H groups in total. The fourth-order valence-electron chi connectivity index (χ4n) is 3.50. The second kappa shape index (κ2) is 7.98. The van der Waals surface area contributed by atoms with Crippen LogP contribution in [0.25, 0.3) is 22.6 Å². The van der Waals surface area contributed by atoms with Crippen molar-refractivity contribution in [3.63, 3.8) is 0 Å². The molecule has 1 saturated heterocycles. The Balaban J connectivity index is 1.56. The Bertz CT molecular complexity index is 1180. The molecule has 0 aliphatic carbocycles. The molecular weight excluding hydrogens is 419 g/mol. The minimum atomic E-state index is -1.23. The number of aliphatic carboxylic acids is 1. The summed E-state index contributed by atoms with van der Waals surface area (Å²) in [6.07, 6.45) is 0.245. The maximum absolute atomic E-state index is 14.9. The molecule has 3 heterocycles. The van der Waals surface area contributed by atoms with Gasteiger partial charge in [-0.3, -0.25) is 14.7 Å². The lowest BCUT2D eigenvalue weighted by Gasteiger charge is -2.27. The summed E-state index contributed by atoms with van der Waals surface area (Å²) in [4.78, 5) is 30.9. The van der Waals surface area contributed by atoms with Gasteiger partial charge in [-0.05, 0) is 42.8 Å². The fraction of sp³-hybridized carbons (Fsp3) is 0.333. The summed E-state index contributed by atoms with van der Waals surface area (Å²) in [6.45, 7) is 3.28. The number of carboxylic acids is 1. The van der Waals surface area contributed by atoms with E-state index in [1.54, 1.807) is 38.2 Å². The zero-order chi connectivity index (χ0) is 23.0. The van der Waals surface area contributed by atoms with E-state index < -0.39 is 29.4 Å². The number of pyridine rings is 1. The Morgan fingerprint density at radius 3 is 2.69 bits per heavy atom. The molecule has 3 aromatic rings. The molecule has 1 amide bonds. The van der Waals surface area contributed by atoms with Crippen LogP contribution >= 0.6 is 0 Å². The lowest BCUT2D eigenvalue weighted by molar-refractivity contribution is -0.153. The molecule has 2 atom stereocenters. The molecule has 10 nitrogen and oxygen atoms in total.